The fourth-order valence-corrected chi connectivity index (χ4v) is 4.29. The van der Waals surface area contributed by atoms with Gasteiger partial charge in [-0.2, -0.15) is 0 Å². The quantitative estimate of drug-likeness (QED) is 0.246. The minimum Gasteiger partial charge on any atom is -0.507 e. The maximum absolute atomic E-state index is 13.3. The van der Waals surface area contributed by atoms with Crippen molar-refractivity contribution in [2.24, 2.45) is 5.92 Å². The van der Waals surface area contributed by atoms with Crippen LogP contribution in [0, 0.1) is 5.92 Å². The first kappa shape index (κ1) is 25.2. The number of likely N-dealkylation sites (tertiary alicyclic amines) is 1. The van der Waals surface area contributed by atoms with Gasteiger partial charge in [0.2, 0.25) is 0 Å². The zero-order chi connectivity index (χ0) is 25.8. The van der Waals surface area contributed by atoms with E-state index in [4.69, 9.17) is 4.74 Å². The third-order valence-corrected chi connectivity index (χ3v) is 6.23. The number of aliphatic hydroxyl groups excluding tert-OH is 1. The first-order valence-electron chi connectivity index (χ1n) is 12.3. The molecule has 1 aliphatic heterocycles. The summed E-state index contributed by atoms with van der Waals surface area (Å²) in [6, 6.07) is 17.8. The summed E-state index contributed by atoms with van der Waals surface area (Å²) in [7, 11) is 0. The molecule has 186 valence electrons. The van der Waals surface area contributed by atoms with Crippen LogP contribution in [-0.4, -0.2) is 33.3 Å². The van der Waals surface area contributed by atoms with Crippen LogP contribution in [0.25, 0.3) is 5.76 Å². The Kier molecular flexibility index (Phi) is 7.53. The highest BCUT2D eigenvalue weighted by atomic mass is 16.5. The number of nitrogens with zero attached hydrogens (tertiary/aromatic N) is 2. The van der Waals surface area contributed by atoms with Crippen LogP contribution >= 0.6 is 0 Å². The van der Waals surface area contributed by atoms with Gasteiger partial charge in [-0.3, -0.25) is 14.6 Å². The van der Waals surface area contributed by atoms with Gasteiger partial charge in [0, 0.05) is 24.5 Å². The van der Waals surface area contributed by atoms with Crippen molar-refractivity contribution >= 4 is 17.4 Å². The Balaban J connectivity index is 1.80. The molecule has 6 heteroatoms. The number of hydrogen-bond donors (Lipinski definition) is 1. The molecule has 2 heterocycles. The van der Waals surface area contributed by atoms with E-state index in [1.807, 2.05) is 36.4 Å². The van der Waals surface area contributed by atoms with Gasteiger partial charge in [-0.05, 0) is 46.7 Å². The lowest BCUT2D eigenvalue weighted by Crippen LogP contribution is -2.29. The first-order chi connectivity index (χ1) is 17.3. The molecule has 0 radical (unpaired) electrons. The molecule has 0 saturated carbocycles. The monoisotopic (exact) mass is 484 g/mol. The van der Waals surface area contributed by atoms with Crippen LogP contribution in [0.3, 0.4) is 0 Å². The minimum atomic E-state index is -0.730. The van der Waals surface area contributed by atoms with Crippen molar-refractivity contribution in [3.63, 3.8) is 0 Å². The molecule has 4 rings (SSSR count). The molecule has 1 aliphatic rings. The number of ether oxygens (including phenoxy) is 1. The molecule has 36 heavy (non-hydrogen) atoms. The standard InChI is InChI=1S/C30H32N2O4/c1-19(2)18-36-25-9-5-8-24(15-25)28(33)26-27(23-12-10-22(11-13-23)20(3)4)32(30(35)29(26)34)17-21-7-6-14-31-16-21/h5-16,19-20,27,33H,17-18H2,1-4H3/b28-26-. The van der Waals surface area contributed by atoms with E-state index in [2.05, 4.69) is 32.7 Å². The summed E-state index contributed by atoms with van der Waals surface area (Å²) in [5.41, 5.74) is 3.21. The third-order valence-electron chi connectivity index (χ3n) is 6.23. The van der Waals surface area contributed by atoms with Crippen molar-refractivity contribution in [1.29, 1.82) is 0 Å². The van der Waals surface area contributed by atoms with Gasteiger partial charge in [0.15, 0.2) is 0 Å². The Morgan fingerprint density at radius 2 is 1.78 bits per heavy atom. The molecule has 3 aromatic rings. The average molecular weight is 485 g/mol. The highest BCUT2D eigenvalue weighted by Crippen LogP contribution is 2.41. The highest BCUT2D eigenvalue weighted by Gasteiger charge is 2.46. The summed E-state index contributed by atoms with van der Waals surface area (Å²) < 4.78 is 5.81. The summed E-state index contributed by atoms with van der Waals surface area (Å²) in [4.78, 5) is 32.2. The fraction of sp³-hybridized carbons (Fsp3) is 0.300. The van der Waals surface area contributed by atoms with Crippen LogP contribution in [0.4, 0.5) is 0 Å². The maximum Gasteiger partial charge on any atom is 0.295 e. The zero-order valence-electron chi connectivity index (χ0n) is 21.1. The third kappa shape index (κ3) is 5.33. The number of ketones is 1. The lowest BCUT2D eigenvalue weighted by atomic mass is 9.93. The Morgan fingerprint density at radius 3 is 2.42 bits per heavy atom. The number of aromatic nitrogens is 1. The van der Waals surface area contributed by atoms with Crippen molar-refractivity contribution in [1.82, 2.24) is 9.88 Å². The molecule has 2 aromatic carbocycles. The number of carbonyl (C=O) groups is 2. The molecule has 0 bridgehead atoms. The molecular formula is C30H32N2O4. The van der Waals surface area contributed by atoms with Gasteiger partial charge >= 0.3 is 0 Å². The Bertz CT molecular complexity index is 1260. The minimum absolute atomic E-state index is 0.0715. The van der Waals surface area contributed by atoms with Gasteiger partial charge in [-0.15, -0.1) is 0 Å². The van der Waals surface area contributed by atoms with Crippen molar-refractivity contribution in [2.45, 2.75) is 46.2 Å². The smallest absolute Gasteiger partial charge is 0.295 e. The van der Waals surface area contributed by atoms with Crippen LogP contribution in [0.1, 0.15) is 61.9 Å². The predicted molar refractivity (Wildman–Crippen MR) is 139 cm³/mol. The highest BCUT2D eigenvalue weighted by molar-refractivity contribution is 6.46. The molecule has 1 aromatic heterocycles. The Labute approximate surface area is 212 Å². The lowest BCUT2D eigenvalue weighted by Gasteiger charge is -2.25. The number of hydrogen-bond acceptors (Lipinski definition) is 5. The largest absolute Gasteiger partial charge is 0.507 e. The number of pyridine rings is 1. The van der Waals surface area contributed by atoms with E-state index in [9.17, 15) is 14.7 Å². The average Bonchev–Trinajstić information content (AvgIpc) is 3.12. The van der Waals surface area contributed by atoms with E-state index in [0.717, 1.165) is 16.7 Å². The first-order valence-corrected chi connectivity index (χ1v) is 12.3. The zero-order valence-corrected chi connectivity index (χ0v) is 21.1. The normalized spacial score (nSPS) is 17.3. The summed E-state index contributed by atoms with van der Waals surface area (Å²) in [5, 5.41) is 11.4. The molecule has 1 saturated heterocycles. The number of carbonyl (C=O) groups excluding carboxylic acids is 2. The number of rotatable bonds is 8. The molecule has 1 N–H and O–H groups in total. The second-order valence-electron chi connectivity index (χ2n) is 9.84. The van der Waals surface area contributed by atoms with Crippen LogP contribution in [-0.2, 0) is 16.1 Å². The van der Waals surface area contributed by atoms with Gasteiger partial charge < -0.3 is 14.7 Å². The summed E-state index contributed by atoms with van der Waals surface area (Å²) in [6.07, 6.45) is 3.34. The number of benzene rings is 2. The van der Waals surface area contributed by atoms with Gasteiger partial charge in [0.25, 0.3) is 11.7 Å². The predicted octanol–water partition coefficient (Wildman–Crippen LogP) is 5.86. The van der Waals surface area contributed by atoms with E-state index < -0.39 is 17.7 Å². The van der Waals surface area contributed by atoms with Crippen molar-refractivity contribution in [2.75, 3.05) is 6.61 Å². The molecule has 0 spiro atoms. The van der Waals surface area contributed by atoms with Gasteiger partial charge in [0.1, 0.15) is 11.5 Å². The summed E-state index contributed by atoms with van der Waals surface area (Å²) >= 11 is 0. The lowest BCUT2D eigenvalue weighted by molar-refractivity contribution is -0.140. The Morgan fingerprint density at radius 1 is 1.03 bits per heavy atom. The second kappa shape index (κ2) is 10.8. The van der Waals surface area contributed by atoms with Gasteiger partial charge in [-0.25, -0.2) is 0 Å². The molecule has 1 unspecified atom stereocenters. The van der Waals surface area contributed by atoms with Crippen LogP contribution in [0.5, 0.6) is 5.75 Å². The van der Waals surface area contributed by atoms with Crippen LogP contribution in [0.2, 0.25) is 0 Å². The van der Waals surface area contributed by atoms with Crippen molar-refractivity contribution < 1.29 is 19.4 Å². The summed E-state index contributed by atoms with van der Waals surface area (Å²) in [5.74, 6) is -0.290. The van der Waals surface area contributed by atoms with Crippen LogP contribution < -0.4 is 4.74 Å². The van der Waals surface area contributed by atoms with E-state index in [1.54, 1.807) is 36.7 Å². The number of aliphatic hydroxyl groups is 1. The molecule has 1 fully saturated rings. The SMILES string of the molecule is CC(C)COc1cccc(/C(O)=C2/C(=O)C(=O)N(Cc3cccnc3)C2c2ccc(C(C)C)cc2)c1. The molecule has 0 aliphatic carbocycles. The number of Topliss-reactive ketones (excluding diaryl/α,β-unsaturated/α-hetero) is 1. The van der Waals surface area contributed by atoms with E-state index in [-0.39, 0.29) is 17.9 Å². The number of amides is 1. The topological polar surface area (TPSA) is 79.7 Å². The molecular weight excluding hydrogens is 452 g/mol. The second-order valence-corrected chi connectivity index (χ2v) is 9.84. The Hall–Kier alpha value is -3.93. The summed E-state index contributed by atoms with van der Waals surface area (Å²) in [6.45, 7) is 9.05. The van der Waals surface area contributed by atoms with E-state index in [1.165, 1.54) is 4.90 Å². The molecule has 1 amide bonds. The van der Waals surface area contributed by atoms with Gasteiger partial charge in [0.05, 0.1) is 18.2 Å². The van der Waals surface area contributed by atoms with Crippen molar-refractivity contribution in [3.8, 4) is 5.75 Å². The van der Waals surface area contributed by atoms with E-state index in [0.29, 0.717) is 29.8 Å². The molecule has 6 nitrogen and oxygen atoms in total. The van der Waals surface area contributed by atoms with Gasteiger partial charge in [-0.1, -0.05) is 70.2 Å². The van der Waals surface area contributed by atoms with E-state index >= 15 is 0 Å². The molecule has 1 atom stereocenters. The fourth-order valence-electron chi connectivity index (χ4n) is 4.29. The maximum atomic E-state index is 13.3. The van der Waals surface area contributed by atoms with Crippen LogP contribution in [0.15, 0.2) is 78.6 Å². The van der Waals surface area contributed by atoms with Crippen molar-refractivity contribution in [3.05, 3.63) is 101 Å².